The minimum absolute atomic E-state index is 0.377. The highest BCUT2D eigenvalue weighted by molar-refractivity contribution is 5.83. The average Bonchev–Trinajstić information content (AvgIpc) is 2.81. The van der Waals surface area contributed by atoms with Crippen LogP contribution in [0.5, 0.6) is 5.75 Å². The number of hydrogen-bond donors (Lipinski definition) is 2. The summed E-state index contributed by atoms with van der Waals surface area (Å²) < 4.78 is 5.79. The first-order valence-corrected chi connectivity index (χ1v) is 8.44. The molecule has 0 aromatic heterocycles. The maximum atomic E-state index is 10.2. The van der Waals surface area contributed by atoms with Gasteiger partial charge in [0, 0.05) is 0 Å². The number of benzene rings is 2. The fourth-order valence-electron chi connectivity index (χ4n) is 3.27. The van der Waals surface area contributed by atoms with Crippen molar-refractivity contribution in [2.24, 2.45) is 0 Å². The van der Waals surface area contributed by atoms with E-state index in [1.807, 2.05) is 24.3 Å². The van der Waals surface area contributed by atoms with E-state index in [1.54, 1.807) is 0 Å². The Balaban J connectivity index is 1.51. The third kappa shape index (κ3) is 4.21. The van der Waals surface area contributed by atoms with Crippen molar-refractivity contribution in [2.45, 2.75) is 31.8 Å². The summed E-state index contributed by atoms with van der Waals surface area (Å²) in [5.74, 6) is 0.837. The number of aliphatic hydroxyl groups is 1. The molecular weight excluding hydrogens is 274 g/mol. The highest BCUT2D eigenvalue weighted by atomic mass is 16.5. The normalized spacial score (nSPS) is 18.0. The summed E-state index contributed by atoms with van der Waals surface area (Å²) in [6.45, 7) is 3.55. The standard InChI is InChI=1S/C19H25NO2/c21-18(14-20-11-5-1-2-6-12-20)15-22-19-10-9-16-7-3-4-8-17(16)13-19/h3-4,7-10,13,18,21H,1-2,5-6,11-12,14-15H2/p+1/t18-/m0/s1. The van der Waals surface area contributed by atoms with Gasteiger partial charge in [0.2, 0.25) is 0 Å². The van der Waals surface area contributed by atoms with E-state index in [4.69, 9.17) is 4.74 Å². The van der Waals surface area contributed by atoms with E-state index in [9.17, 15) is 5.11 Å². The number of likely N-dealkylation sites (tertiary alicyclic amines) is 1. The molecule has 1 fully saturated rings. The summed E-state index contributed by atoms with van der Waals surface area (Å²) in [5.41, 5.74) is 0. The number of ether oxygens (including phenoxy) is 1. The molecule has 3 heteroatoms. The molecule has 1 heterocycles. The molecule has 118 valence electrons. The summed E-state index contributed by atoms with van der Waals surface area (Å²) in [7, 11) is 0. The highest BCUT2D eigenvalue weighted by Crippen LogP contribution is 2.20. The highest BCUT2D eigenvalue weighted by Gasteiger charge is 2.17. The minimum atomic E-state index is -0.389. The van der Waals surface area contributed by atoms with Gasteiger partial charge >= 0.3 is 0 Å². The van der Waals surface area contributed by atoms with Crippen molar-refractivity contribution in [3.8, 4) is 5.75 Å². The van der Waals surface area contributed by atoms with E-state index in [2.05, 4.69) is 18.2 Å². The van der Waals surface area contributed by atoms with Crippen LogP contribution >= 0.6 is 0 Å². The van der Waals surface area contributed by atoms with Crippen LogP contribution in [0.1, 0.15) is 25.7 Å². The summed E-state index contributed by atoms with van der Waals surface area (Å²) in [5, 5.41) is 12.6. The van der Waals surface area contributed by atoms with Crippen LogP contribution in [-0.4, -0.2) is 37.5 Å². The molecule has 0 aliphatic carbocycles. The lowest BCUT2D eigenvalue weighted by Crippen LogP contribution is -3.13. The molecule has 1 aliphatic heterocycles. The van der Waals surface area contributed by atoms with Crippen molar-refractivity contribution in [1.82, 2.24) is 0 Å². The van der Waals surface area contributed by atoms with Gasteiger partial charge in [0.05, 0.1) is 13.1 Å². The van der Waals surface area contributed by atoms with Crippen molar-refractivity contribution in [1.29, 1.82) is 0 Å². The second kappa shape index (κ2) is 7.61. The Hall–Kier alpha value is -1.58. The Bertz CT molecular complexity index is 591. The zero-order valence-corrected chi connectivity index (χ0v) is 13.1. The number of nitrogens with one attached hydrogen (secondary N) is 1. The minimum Gasteiger partial charge on any atom is -0.491 e. The summed E-state index contributed by atoms with van der Waals surface area (Å²) in [6, 6.07) is 14.3. The number of rotatable bonds is 5. The molecule has 0 amide bonds. The number of quaternary nitrogens is 1. The lowest BCUT2D eigenvalue weighted by Gasteiger charge is -2.20. The predicted molar refractivity (Wildman–Crippen MR) is 89.5 cm³/mol. The molecular formula is C19H26NO2+. The Morgan fingerprint density at radius 1 is 0.955 bits per heavy atom. The van der Waals surface area contributed by atoms with E-state index in [-0.39, 0.29) is 6.10 Å². The lowest BCUT2D eigenvalue weighted by molar-refractivity contribution is -0.902. The monoisotopic (exact) mass is 300 g/mol. The largest absolute Gasteiger partial charge is 0.491 e. The van der Waals surface area contributed by atoms with Crippen LogP contribution in [0.2, 0.25) is 0 Å². The molecule has 3 nitrogen and oxygen atoms in total. The van der Waals surface area contributed by atoms with Gasteiger partial charge in [-0.25, -0.2) is 0 Å². The average molecular weight is 300 g/mol. The second-order valence-corrected chi connectivity index (χ2v) is 6.34. The van der Waals surface area contributed by atoms with Gasteiger partial charge in [-0.15, -0.1) is 0 Å². The quantitative estimate of drug-likeness (QED) is 0.886. The first kappa shape index (κ1) is 15.3. The van der Waals surface area contributed by atoms with Crippen LogP contribution in [0.4, 0.5) is 0 Å². The molecule has 1 atom stereocenters. The van der Waals surface area contributed by atoms with Crippen molar-refractivity contribution in [3.05, 3.63) is 42.5 Å². The van der Waals surface area contributed by atoms with Crippen LogP contribution in [-0.2, 0) is 0 Å². The third-order valence-electron chi connectivity index (χ3n) is 4.50. The van der Waals surface area contributed by atoms with Crippen molar-refractivity contribution in [2.75, 3.05) is 26.2 Å². The first-order valence-electron chi connectivity index (χ1n) is 8.44. The van der Waals surface area contributed by atoms with Gasteiger partial charge in [-0.1, -0.05) is 30.3 Å². The number of aliphatic hydroxyl groups excluding tert-OH is 1. The lowest BCUT2D eigenvalue weighted by atomic mass is 10.1. The second-order valence-electron chi connectivity index (χ2n) is 6.34. The number of hydrogen-bond acceptors (Lipinski definition) is 2. The number of fused-ring (bicyclic) bond motifs is 1. The van der Waals surface area contributed by atoms with E-state index in [0.717, 1.165) is 12.3 Å². The summed E-state index contributed by atoms with van der Waals surface area (Å²) in [4.78, 5) is 1.52. The molecule has 0 unspecified atom stereocenters. The van der Waals surface area contributed by atoms with Gasteiger partial charge in [0.1, 0.15) is 25.0 Å². The van der Waals surface area contributed by atoms with Crippen molar-refractivity contribution >= 4 is 10.8 Å². The molecule has 3 rings (SSSR count). The fraction of sp³-hybridized carbons (Fsp3) is 0.474. The maximum Gasteiger partial charge on any atom is 0.137 e. The van der Waals surface area contributed by atoms with Crippen LogP contribution in [0.25, 0.3) is 10.8 Å². The molecule has 22 heavy (non-hydrogen) atoms. The maximum absolute atomic E-state index is 10.2. The molecule has 0 bridgehead atoms. The molecule has 2 aromatic carbocycles. The Labute approximate surface area is 132 Å². The smallest absolute Gasteiger partial charge is 0.137 e. The van der Waals surface area contributed by atoms with E-state index in [0.29, 0.717) is 6.61 Å². The van der Waals surface area contributed by atoms with E-state index < -0.39 is 0 Å². The van der Waals surface area contributed by atoms with Gasteiger partial charge in [0.25, 0.3) is 0 Å². The van der Waals surface area contributed by atoms with E-state index in [1.165, 1.54) is 54.4 Å². The molecule has 0 saturated carbocycles. The van der Waals surface area contributed by atoms with Gasteiger partial charge in [0.15, 0.2) is 0 Å². The Kier molecular flexibility index (Phi) is 5.30. The van der Waals surface area contributed by atoms with Crippen LogP contribution in [0.3, 0.4) is 0 Å². The van der Waals surface area contributed by atoms with Crippen LogP contribution in [0, 0.1) is 0 Å². The van der Waals surface area contributed by atoms with Crippen LogP contribution in [0.15, 0.2) is 42.5 Å². The van der Waals surface area contributed by atoms with Gasteiger partial charge < -0.3 is 14.7 Å². The molecule has 0 radical (unpaired) electrons. The Morgan fingerprint density at radius 3 is 2.45 bits per heavy atom. The first-order chi connectivity index (χ1) is 10.8. The Morgan fingerprint density at radius 2 is 1.68 bits per heavy atom. The van der Waals surface area contributed by atoms with E-state index >= 15 is 0 Å². The topological polar surface area (TPSA) is 33.9 Å². The molecule has 2 N–H and O–H groups in total. The van der Waals surface area contributed by atoms with Crippen molar-refractivity contribution in [3.63, 3.8) is 0 Å². The van der Waals surface area contributed by atoms with Crippen molar-refractivity contribution < 1.29 is 14.7 Å². The molecule has 0 spiro atoms. The van der Waals surface area contributed by atoms with Gasteiger partial charge in [-0.3, -0.25) is 0 Å². The zero-order valence-electron chi connectivity index (χ0n) is 13.1. The van der Waals surface area contributed by atoms with Gasteiger partial charge in [-0.2, -0.15) is 0 Å². The molecule has 2 aromatic rings. The SMILES string of the molecule is O[C@H](COc1ccc2ccccc2c1)C[NH+]1CCCCCC1. The molecule has 1 aliphatic rings. The third-order valence-corrected chi connectivity index (χ3v) is 4.50. The molecule has 1 saturated heterocycles. The fourth-order valence-corrected chi connectivity index (χ4v) is 3.27. The summed E-state index contributed by atoms with van der Waals surface area (Å²) >= 11 is 0. The van der Waals surface area contributed by atoms with Gasteiger partial charge in [-0.05, 0) is 48.6 Å². The predicted octanol–water partition coefficient (Wildman–Crippen LogP) is 2.04. The summed E-state index contributed by atoms with van der Waals surface area (Å²) in [6.07, 6.45) is 4.86. The zero-order chi connectivity index (χ0) is 15.2. The van der Waals surface area contributed by atoms with Crippen LogP contribution < -0.4 is 9.64 Å².